The van der Waals surface area contributed by atoms with E-state index in [4.69, 9.17) is 4.74 Å². The quantitative estimate of drug-likeness (QED) is 0.773. The van der Waals surface area contributed by atoms with Gasteiger partial charge in [0.05, 0.1) is 10.6 Å². The number of benzene rings is 1. The van der Waals surface area contributed by atoms with Crippen LogP contribution < -0.4 is 5.32 Å². The van der Waals surface area contributed by atoms with E-state index in [9.17, 15) is 8.78 Å². The standard InChI is InChI=1S/C15H20BrF2NO/c1-2-19-13(8-5-10-4-3-9-20-10)11-6-7-12(17)15(18)14(11)16/h6-7,10,13,19H,2-5,8-9H2,1H3. The lowest BCUT2D eigenvalue weighted by molar-refractivity contribution is 0.0996. The van der Waals surface area contributed by atoms with Gasteiger partial charge >= 0.3 is 0 Å². The van der Waals surface area contributed by atoms with E-state index in [0.29, 0.717) is 6.10 Å². The molecule has 0 aliphatic carbocycles. The van der Waals surface area contributed by atoms with Crippen LogP contribution in [0.5, 0.6) is 0 Å². The number of nitrogens with one attached hydrogen (secondary N) is 1. The molecule has 1 saturated heterocycles. The highest BCUT2D eigenvalue weighted by Gasteiger charge is 2.21. The summed E-state index contributed by atoms with van der Waals surface area (Å²) in [6, 6.07) is 2.84. The molecule has 5 heteroatoms. The largest absolute Gasteiger partial charge is 0.378 e. The van der Waals surface area contributed by atoms with Gasteiger partial charge in [0, 0.05) is 12.6 Å². The van der Waals surface area contributed by atoms with Gasteiger partial charge in [0.15, 0.2) is 11.6 Å². The van der Waals surface area contributed by atoms with E-state index < -0.39 is 11.6 Å². The number of hydrogen-bond donors (Lipinski definition) is 1. The first-order valence-corrected chi connectivity index (χ1v) is 7.91. The van der Waals surface area contributed by atoms with Crippen LogP contribution in [0, 0.1) is 11.6 Å². The summed E-state index contributed by atoms with van der Waals surface area (Å²) in [5.74, 6) is -1.64. The van der Waals surface area contributed by atoms with E-state index >= 15 is 0 Å². The average molecular weight is 348 g/mol. The molecule has 1 aliphatic rings. The first-order chi connectivity index (χ1) is 9.63. The maximum absolute atomic E-state index is 13.7. The number of rotatable bonds is 6. The van der Waals surface area contributed by atoms with Crippen LogP contribution in [0.4, 0.5) is 8.78 Å². The molecule has 1 aromatic carbocycles. The van der Waals surface area contributed by atoms with Crippen molar-refractivity contribution in [3.63, 3.8) is 0 Å². The first kappa shape index (κ1) is 15.9. The maximum atomic E-state index is 13.7. The number of hydrogen-bond acceptors (Lipinski definition) is 2. The first-order valence-electron chi connectivity index (χ1n) is 7.11. The van der Waals surface area contributed by atoms with Gasteiger partial charge in [-0.3, -0.25) is 0 Å². The topological polar surface area (TPSA) is 21.3 Å². The zero-order valence-corrected chi connectivity index (χ0v) is 13.2. The molecule has 1 aliphatic heterocycles. The summed E-state index contributed by atoms with van der Waals surface area (Å²) < 4.78 is 32.7. The maximum Gasteiger partial charge on any atom is 0.173 e. The van der Waals surface area contributed by atoms with Gasteiger partial charge in [0.2, 0.25) is 0 Å². The van der Waals surface area contributed by atoms with Crippen molar-refractivity contribution in [2.24, 2.45) is 0 Å². The Balaban J connectivity index is 2.08. The molecule has 1 aromatic rings. The summed E-state index contributed by atoms with van der Waals surface area (Å²) in [6.45, 7) is 3.62. The molecule has 112 valence electrons. The van der Waals surface area contributed by atoms with Crippen molar-refractivity contribution in [1.29, 1.82) is 0 Å². The molecule has 0 saturated carbocycles. The molecular weight excluding hydrogens is 328 g/mol. The summed E-state index contributed by atoms with van der Waals surface area (Å²) in [4.78, 5) is 0. The number of ether oxygens (including phenoxy) is 1. The third-order valence-corrected chi connectivity index (χ3v) is 4.50. The third-order valence-electron chi connectivity index (χ3n) is 3.69. The van der Waals surface area contributed by atoms with E-state index in [2.05, 4.69) is 21.2 Å². The van der Waals surface area contributed by atoms with E-state index in [1.54, 1.807) is 6.07 Å². The zero-order chi connectivity index (χ0) is 14.5. The fourth-order valence-corrected chi connectivity index (χ4v) is 3.25. The van der Waals surface area contributed by atoms with Crippen LogP contribution in [-0.2, 0) is 4.74 Å². The Morgan fingerprint density at radius 1 is 1.45 bits per heavy atom. The van der Waals surface area contributed by atoms with E-state index in [0.717, 1.165) is 44.4 Å². The van der Waals surface area contributed by atoms with E-state index in [1.807, 2.05) is 6.92 Å². The molecule has 20 heavy (non-hydrogen) atoms. The lowest BCUT2D eigenvalue weighted by atomic mass is 9.99. The summed E-state index contributed by atoms with van der Waals surface area (Å²) in [5, 5.41) is 3.34. The molecule has 0 aromatic heterocycles. The lowest BCUT2D eigenvalue weighted by Crippen LogP contribution is -2.23. The van der Waals surface area contributed by atoms with Crippen molar-refractivity contribution in [2.75, 3.05) is 13.2 Å². The second-order valence-corrected chi connectivity index (χ2v) is 5.88. The van der Waals surface area contributed by atoms with Gasteiger partial charge in [-0.15, -0.1) is 0 Å². The van der Waals surface area contributed by atoms with Crippen molar-refractivity contribution in [1.82, 2.24) is 5.32 Å². The van der Waals surface area contributed by atoms with Crippen molar-refractivity contribution in [3.05, 3.63) is 33.8 Å². The minimum absolute atomic E-state index is 0.00803. The van der Waals surface area contributed by atoms with Crippen LogP contribution in [0.3, 0.4) is 0 Å². The molecule has 0 radical (unpaired) electrons. The summed E-state index contributed by atoms with van der Waals surface area (Å²) in [5.41, 5.74) is 0.767. The molecular formula is C15H20BrF2NO. The Labute approximate surface area is 127 Å². The normalized spacial score (nSPS) is 20.3. The predicted octanol–water partition coefficient (Wildman–Crippen LogP) is 4.34. The summed E-state index contributed by atoms with van der Waals surface area (Å²) in [6.07, 6.45) is 4.30. The fraction of sp³-hybridized carbons (Fsp3) is 0.600. The van der Waals surface area contributed by atoms with Gasteiger partial charge in [-0.1, -0.05) is 13.0 Å². The van der Waals surface area contributed by atoms with Crippen molar-refractivity contribution in [2.45, 2.75) is 44.8 Å². The number of halogens is 3. The van der Waals surface area contributed by atoms with Crippen molar-refractivity contribution < 1.29 is 13.5 Å². The second-order valence-electron chi connectivity index (χ2n) is 5.09. The Bertz CT molecular complexity index is 450. The molecule has 2 nitrogen and oxygen atoms in total. The lowest BCUT2D eigenvalue weighted by Gasteiger charge is -2.21. The van der Waals surface area contributed by atoms with Gasteiger partial charge in [-0.25, -0.2) is 8.78 Å². The molecule has 1 fully saturated rings. The van der Waals surface area contributed by atoms with Crippen LogP contribution in [0.1, 0.15) is 44.2 Å². The Morgan fingerprint density at radius 2 is 2.25 bits per heavy atom. The van der Waals surface area contributed by atoms with Crippen LogP contribution in [0.25, 0.3) is 0 Å². The van der Waals surface area contributed by atoms with Gasteiger partial charge < -0.3 is 10.1 Å². The summed E-state index contributed by atoms with van der Waals surface area (Å²) >= 11 is 3.17. The third kappa shape index (κ3) is 3.77. The summed E-state index contributed by atoms with van der Waals surface area (Å²) in [7, 11) is 0. The van der Waals surface area contributed by atoms with E-state index in [1.165, 1.54) is 6.07 Å². The minimum Gasteiger partial charge on any atom is -0.378 e. The highest BCUT2D eigenvalue weighted by molar-refractivity contribution is 9.10. The van der Waals surface area contributed by atoms with E-state index in [-0.39, 0.29) is 10.5 Å². The fourth-order valence-electron chi connectivity index (χ4n) is 2.65. The highest BCUT2D eigenvalue weighted by Crippen LogP contribution is 2.31. The average Bonchev–Trinajstić information content (AvgIpc) is 2.95. The monoisotopic (exact) mass is 347 g/mol. The van der Waals surface area contributed by atoms with Gasteiger partial charge in [0.1, 0.15) is 0 Å². The predicted molar refractivity (Wildman–Crippen MR) is 78.7 cm³/mol. The second kappa shape index (κ2) is 7.48. The molecule has 2 rings (SSSR count). The molecule has 0 spiro atoms. The molecule has 0 amide bonds. The Kier molecular flexibility index (Phi) is 5.93. The smallest absolute Gasteiger partial charge is 0.173 e. The van der Waals surface area contributed by atoms with Crippen molar-refractivity contribution >= 4 is 15.9 Å². The molecule has 2 atom stereocenters. The van der Waals surface area contributed by atoms with Gasteiger partial charge in [-0.05, 0) is 59.8 Å². The van der Waals surface area contributed by atoms with Crippen LogP contribution in [-0.4, -0.2) is 19.3 Å². The van der Waals surface area contributed by atoms with Gasteiger partial charge in [-0.2, -0.15) is 0 Å². The van der Waals surface area contributed by atoms with Crippen LogP contribution in [0.15, 0.2) is 16.6 Å². The van der Waals surface area contributed by atoms with Crippen LogP contribution >= 0.6 is 15.9 Å². The SMILES string of the molecule is CCNC(CCC1CCCO1)c1ccc(F)c(F)c1Br. The highest BCUT2D eigenvalue weighted by atomic mass is 79.9. The molecule has 1 heterocycles. The molecule has 0 bridgehead atoms. The molecule has 2 unspecified atom stereocenters. The van der Waals surface area contributed by atoms with Crippen LogP contribution in [0.2, 0.25) is 0 Å². The van der Waals surface area contributed by atoms with Crippen molar-refractivity contribution in [3.8, 4) is 0 Å². The Hall–Kier alpha value is -0.520. The Morgan fingerprint density at radius 3 is 2.90 bits per heavy atom. The minimum atomic E-state index is -0.824. The zero-order valence-electron chi connectivity index (χ0n) is 11.6. The molecule has 1 N–H and O–H groups in total. The van der Waals surface area contributed by atoms with Gasteiger partial charge in [0.25, 0.3) is 0 Å².